The van der Waals surface area contributed by atoms with Gasteiger partial charge in [-0.05, 0) is 26.7 Å². The largest absolute Gasteiger partial charge is 0.388 e. The maximum absolute atomic E-state index is 12.5. The van der Waals surface area contributed by atoms with Crippen molar-refractivity contribution in [3.8, 4) is 0 Å². The second-order valence-electron chi connectivity index (χ2n) is 6.07. The minimum absolute atomic E-state index is 0.113. The third kappa shape index (κ3) is 4.78. The fraction of sp³-hybridized carbons (Fsp3) is 0.867. The molecule has 0 bridgehead atoms. The topological polar surface area (TPSA) is 69.6 Å². The average Bonchev–Trinajstić information content (AvgIpc) is 2.34. The molecule has 0 heterocycles. The Balaban J connectivity index is 5.19. The molecule has 0 aromatic rings. The lowest BCUT2D eigenvalue weighted by atomic mass is 9.90. The van der Waals surface area contributed by atoms with Crippen LogP contribution in [0.3, 0.4) is 0 Å². The van der Waals surface area contributed by atoms with Gasteiger partial charge in [0.25, 0.3) is 0 Å². The molecule has 0 aliphatic carbocycles. The standard InChI is InChI=1S/C15H30N2O3/c1-8-10(3)11(4)14(19)17(7)12(15(5,6)20)13(18)16-9-2/h10-12,20H,8-9H2,1-7H3,(H,16,18). The van der Waals surface area contributed by atoms with Crippen molar-refractivity contribution in [2.75, 3.05) is 13.6 Å². The summed E-state index contributed by atoms with van der Waals surface area (Å²) in [5, 5.41) is 12.9. The second-order valence-corrected chi connectivity index (χ2v) is 6.07. The summed E-state index contributed by atoms with van der Waals surface area (Å²) in [6, 6.07) is -0.888. The van der Waals surface area contributed by atoms with E-state index in [-0.39, 0.29) is 23.7 Å². The number of nitrogens with zero attached hydrogens (tertiary/aromatic N) is 1. The van der Waals surface area contributed by atoms with Crippen LogP contribution in [0.5, 0.6) is 0 Å². The van der Waals surface area contributed by atoms with Crippen LogP contribution in [0.15, 0.2) is 0 Å². The number of hydrogen-bond donors (Lipinski definition) is 2. The highest BCUT2D eigenvalue weighted by Crippen LogP contribution is 2.21. The second kappa shape index (κ2) is 7.62. The molecule has 0 aliphatic rings. The lowest BCUT2D eigenvalue weighted by Crippen LogP contribution is -2.59. The molecule has 0 aromatic carbocycles. The van der Waals surface area contributed by atoms with Gasteiger partial charge in [0.05, 0.1) is 5.60 Å². The summed E-state index contributed by atoms with van der Waals surface area (Å²) in [4.78, 5) is 26.0. The van der Waals surface area contributed by atoms with Gasteiger partial charge >= 0.3 is 0 Å². The van der Waals surface area contributed by atoms with Gasteiger partial charge < -0.3 is 15.3 Å². The first-order valence-corrected chi connectivity index (χ1v) is 7.34. The third-order valence-electron chi connectivity index (χ3n) is 3.89. The van der Waals surface area contributed by atoms with E-state index in [1.165, 1.54) is 4.90 Å². The van der Waals surface area contributed by atoms with Crippen molar-refractivity contribution in [3.63, 3.8) is 0 Å². The van der Waals surface area contributed by atoms with Crippen LogP contribution in [-0.2, 0) is 9.59 Å². The fourth-order valence-corrected chi connectivity index (χ4v) is 2.29. The molecule has 0 saturated carbocycles. The number of hydrogen-bond acceptors (Lipinski definition) is 3. The van der Waals surface area contributed by atoms with E-state index in [2.05, 4.69) is 5.32 Å². The van der Waals surface area contributed by atoms with Gasteiger partial charge in [-0.2, -0.15) is 0 Å². The van der Waals surface area contributed by atoms with Crippen LogP contribution in [-0.4, -0.2) is 47.1 Å². The maximum atomic E-state index is 12.5. The molecule has 0 rings (SSSR count). The Hall–Kier alpha value is -1.10. The Morgan fingerprint density at radius 3 is 2.10 bits per heavy atom. The SMILES string of the molecule is CCNC(=O)C(N(C)C(=O)C(C)C(C)CC)C(C)(C)O. The minimum atomic E-state index is -1.29. The molecule has 0 spiro atoms. The quantitative estimate of drug-likeness (QED) is 0.743. The third-order valence-corrected chi connectivity index (χ3v) is 3.89. The zero-order chi connectivity index (χ0) is 16.1. The van der Waals surface area contributed by atoms with E-state index in [4.69, 9.17) is 0 Å². The summed E-state index contributed by atoms with van der Waals surface area (Å²) in [6.45, 7) is 11.3. The van der Waals surface area contributed by atoms with Crippen molar-refractivity contribution in [3.05, 3.63) is 0 Å². The summed E-state index contributed by atoms with van der Waals surface area (Å²) in [5.41, 5.74) is -1.29. The highest BCUT2D eigenvalue weighted by atomic mass is 16.3. The average molecular weight is 286 g/mol. The molecular weight excluding hydrogens is 256 g/mol. The maximum Gasteiger partial charge on any atom is 0.245 e. The van der Waals surface area contributed by atoms with E-state index in [0.717, 1.165) is 6.42 Å². The zero-order valence-corrected chi connectivity index (χ0v) is 13.9. The monoisotopic (exact) mass is 286 g/mol. The molecule has 5 heteroatoms. The number of carbonyl (C=O) groups excluding carboxylic acids is 2. The fourth-order valence-electron chi connectivity index (χ4n) is 2.29. The number of nitrogens with one attached hydrogen (secondary N) is 1. The van der Waals surface area contributed by atoms with Crippen LogP contribution in [0, 0.1) is 11.8 Å². The molecule has 3 atom stereocenters. The van der Waals surface area contributed by atoms with Gasteiger partial charge in [-0.25, -0.2) is 0 Å². The number of amides is 2. The summed E-state index contributed by atoms with van der Waals surface area (Å²) in [5.74, 6) is -0.379. The zero-order valence-electron chi connectivity index (χ0n) is 13.9. The molecule has 20 heavy (non-hydrogen) atoms. The molecule has 5 nitrogen and oxygen atoms in total. The Kier molecular flexibility index (Phi) is 7.20. The molecule has 0 aliphatic heterocycles. The van der Waals surface area contributed by atoms with Crippen LogP contribution >= 0.6 is 0 Å². The number of rotatable bonds is 7. The number of aliphatic hydroxyl groups is 1. The highest BCUT2D eigenvalue weighted by molar-refractivity contribution is 5.89. The van der Waals surface area contributed by atoms with Gasteiger partial charge in [0.2, 0.25) is 11.8 Å². The highest BCUT2D eigenvalue weighted by Gasteiger charge is 2.40. The summed E-state index contributed by atoms with van der Waals surface area (Å²) < 4.78 is 0. The Bertz CT molecular complexity index is 337. The summed E-state index contributed by atoms with van der Waals surface area (Å²) in [7, 11) is 1.58. The molecular formula is C15H30N2O3. The minimum Gasteiger partial charge on any atom is -0.388 e. The lowest BCUT2D eigenvalue weighted by molar-refractivity contribution is -0.151. The van der Waals surface area contributed by atoms with Crippen molar-refractivity contribution < 1.29 is 14.7 Å². The van der Waals surface area contributed by atoms with E-state index in [9.17, 15) is 14.7 Å². The van der Waals surface area contributed by atoms with Gasteiger partial charge in [0, 0.05) is 19.5 Å². The van der Waals surface area contributed by atoms with Crippen LogP contribution in [0.25, 0.3) is 0 Å². The number of carbonyl (C=O) groups is 2. The van der Waals surface area contributed by atoms with E-state index in [1.807, 2.05) is 27.7 Å². The molecule has 0 fully saturated rings. The van der Waals surface area contributed by atoms with Gasteiger partial charge in [-0.15, -0.1) is 0 Å². The van der Waals surface area contributed by atoms with Crippen molar-refractivity contribution in [2.24, 2.45) is 11.8 Å². The Morgan fingerprint density at radius 1 is 1.25 bits per heavy atom. The summed E-state index contributed by atoms with van der Waals surface area (Å²) >= 11 is 0. The van der Waals surface area contributed by atoms with Crippen molar-refractivity contribution >= 4 is 11.8 Å². The predicted octanol–water partition coefficient (Wildman–Crippen LogP) is 1.40. The first-order valence-electron chi connectivity index (χ1n) is 7.34. The summed E-state index contributed by atoms with van der Waals surface area (Å²) in [6.07, 6.45) is 0.898. The van der Waals surface area contributed by atoms with Crippen molar-refractivity contribution in [1.82, 2.24) is 10.2 Å². The molecule has 118 valence electrons. The van der Waals surface area contributed by atoms with Gasteiger partial charge in [-0.3, -0.25) is 9.59 Å². The van der Waals surface area contributed by atoms with Crippen LogP contribution in [0.2, 0.25) is 0 Å². The first kappa shape index (κ1) is 18.9. The van der Waals surface area contributed by atoms with E-state index >= 15 is 0 Å². The predicted molar refractivity (Wildman–Crippen MR) is 80.2 cm³/mol. The van der Waals surface area contributed by atoms with E-state index in [1.54, 1.807) is 20.9 Å². The first-order chi connectivity index (χ1) is 9.07. The van der Waals surface area contributed by atoms with Crippen LogP contribution < -0.4 is 5.32 Å². The molecule has 0 aromatic heterocycles. The molecule has 0 saturated heterocycles. The van der Waals surface area contributed by atoms with Gasteiger partial charge in [-0.1, -0.05) is 27.2 Å². The van der Waals surface area contributed by atoms with Gasteiger partial charge in [0.1, 0.15) is 6.04 Å². The molecule has 2 amide bonds. The lowest BCUT2D eigenvalue weighted by Gasteiger charge is -2.37. The molecule has 0 radical (unpaired) electrons. The Labute approximate surface area is 122 Å². The Morgan fingerprint density at radius 2 is 1.75 bits per heavy atom. The molecule has 2 N–H and O–H groups in total. The van der Waals surface area contributed by atoms with Crippen LogP contribution in [0.1, 0.15) is 48.0 Å². The van der Waals surface area contributed by atoms with Crippen molar-refractivity contribution in [2.45, 2.75) is 59.6 Å². The van der Waals surface area contributed by atoms with Gasteiger partial charge in [0.15, 0.2) is 0 Å². The molecule has 3 unspecified atom stereocenters. The van der Waals surface area contributed by atoms with E-state index in [0.29, 0.717) is 6.54 Å². The van der Waals surface area contributed by atoms with Crippen LogP contribution in [0.4, 0.5) is 0 Å². The van der Waals surface area contributed by atoms with E-state index < -0.39 is 11.6 Å². The smallest absolute Gasteiger partial charge is 0.245 e. The normalized spacial score (nSPS) is 16.2. The van der Waals surface area contributed by atoms with Crippen molar-refractivity contribution in [1.29, 1.82) is 0 Å². The number of likely N-dealkylation sites (N-methyl/N-ethyl adjacent to an activating group) is 2.